The number of aromatic hydroxyl groups is 1. The Kier molecular flexibility index (Phi) is 4.63. The van der Waals surface area contributed by atoms with Crippen LogP contribution < -0.4 is 10.5 Å². The van der Waals surface area contributed by atoms with Crippen LogP contribution in [0.25, 0.3) is 17.0 Å². The lowest BCUT2D eigenvalue weighted by Gasteiger charge is -2.12. The van der Waals surface area contributed by atoms with Crippen LogP contribution in [-0.4, -0.2) is 25.0 Å². The van der Waals surface area contributed by atoms with Gasteiger partial charge in [0.1, 0.15) is 11.3 Å². The van der Waals surface area contributed by atoms with Crippen molar-refractivity contribution in [3.05, 3.63) is 75.7 Å². The maximum Gasteiger partial charge on any atom is 0.336 e. The molecule has 0 spiro atoms. The number of carbonyl (C=O) groups excluding carboxylic acids is 1. The number of nitrogens with zero attached hydrogens (tertiary/aromatic N) is 1. The first-order valence-corrected chi connectivity index (χ1v) is 8.13. The highest BCUT2D eigenvalue weighted by Gasteiger charge is 2.15. The van der Waals surface area contributed by atoms with Crippen molar-refractivity contribution in [3.8, 4) is 5.75 Å². The highest BCUT2D eigenvalue weighted by atomic mass is 16.4. The summed E-state index contributed by atoms with van der Waals surface area (Å²) in [5.41, 5.74) is 2.40. The third kappa shape index (κ3) is 3.37. The van der Waals surface area contributed by atoms with Crippen LogP contribution in [-0.2, 0) is 0 Å². The Morgan fingerprint density at radius 3 is 2.65 bits per heavy atom. The molecule has 26 heavy (non-hydrogen) atoms. The molecule has 1 heterocycles. The Balaban J connectivity index is 1.97. The number of allylic oxidation sites excluding steroid dienone is 1. The van der Waals surface area contributed by atoms with E-state index in [0.29, 0.717) is 10.9 Å². The number of hydrogen-bond acceptors (Lipinski definition) is 5. The zero-order valence-corrected chi connectivity index (χ0v) is 14.8. The molecule has 1 N–H and O–H groups in total. The van der Waals surface area contributed by atoms with E-state index in [1.807, 2.05) is 43.3 Å². The molecule has 1 aromatic heterocycles. The number of phenolic OH excluding ortho intramolecular Hbond substituents is 1. The van der Waals surface area contributed by atoms with Crippen molar-refractivity contribution < 1.29 is 14.3 Å². The fourth-order valence-electron chi connectivity index (χ4n) is 2.79. The first-order valence-electron chi connectivity index (χ1n) is 8.13. The first kappa shape index (κ1) is 17.5. The van der Waals surface area contributed by atoms with Gasteiger partial charge in [-0.2, -0.15) is 0 Å². The van der Waals surface area contributed by atoms with Gasteiger partial charge in [0, 0.05) is 25.8 Å². The summed E-state index contributed by atoms with van der Waals surface area (Å²) < 4.78 is 5.07. The fraction of sp³-hybridized carbons (Fsp3) is 0.143. The van der Waals surface area contributed by atoms with E-state index in [4.69, 9.17) is 4.42 Å². The van der Waals surface area contributed by atoms with Crippen molar-refractivity contribution in [2.75, 3.05) is 19.0 Å². The van der Waals surface area contributed by atoms with Crippen molar-refractivity contribution in [1.29, 1.82) is 0 Å². The Morgan fingerprint density at radius 2 is 1.92 bits per heavy atom. The zero-order chi connectivity index (χ0) is 18.8. The van der Waals surface area contributed by atoms with Crippen LogP contribution in [0, 0.1) is 6.92 Å². The molecule has 0 unspecified atom stereocenters. The van der Waals surface area contributed by atoms with Crippen molar-refractivity contribution >= 4 is 28.5 Å². The normalized spacial score (nSPS) is 11.2. The minimum Gasteiger partial charge on any atom is -0.506 e. The monoisotopic (exact) mass is 349 g/mol. The number of phenols is 1. The standard InChI is InChI=1S/C21H19NO4/c1-13-11-19(24)26-18-10-8-16(21(25)20(13)18)17(23)9-7-14-5-4-6-15(12-14)22(2)3/h4-12,25H,1-3H3/b9-7+. The first-order chi connectivity index (χ1) is 12.4. The van der Waals surface area contributed by atoms with E-state index in [2.05, 4.69) is 0 Å². The maximum atomic E-state index is 12.5. The second-order valence-electron chi connectivity index (χ2n) is 6.27. The summed E-state index contributed by atoms with van der Waals surface area (Å²) in [6, 6.07) is 12.0. The van der Waals surface area contributed by atoms with Gasteiger partial charge in [0.25, 0.3) is 0 Å². The van der Waals surface area contributed by atoms with Crippen LogP contribution in [0.5, 0.6) is 5.75 Å². The van der Waals surface area contributed by atoms with Crippen LogP contribution in [0.15, 0.2) is 57.8 Å². The summed E-state index contributed by atoms with van der Waals surface area (Å²) in [5, 5.41) is 10.9. The molecular formula is C21H19NO4. The van der Waals surface area contributed by atoms with E-state index >= 15 is 0 Å². The second kappa shape index (κ2) is 6.88. The average Bonchev–Trinajstić information content (AvgIpc) is 2.59. The van der Waals surface area contributed by atoms with Gasteiger partial charge >= 0.3 is 5.63 Å². The molecule has 0 aliphatic carbocycles. The van der Waals surface area contributed by atoms with Gasteiger partial charge in [-0.3, -0.25) is 4.79 Å². The van der Waals surface area contributed by atoms with Gasteiger partial charge in [-0.05, 0) is 48.4 Å². The molecule has 3 rings (SSSR count). The molecule has 0 radical (unpaired) electrons. The summed E-state index contributed by atoms with van der Waals surface area (Å²) in [4.78, 5) is 25.9. The number of ketones is 1. The van der Waals surface area contributed by atoms with Gasteiger partial charge < -0.3 is 14.4 Å². The Bertz CT molecular complexity index is 1080. The van der Waals surface area contributed by atoms with E-state index in [1.165, 1.54) is 24.3 Å². The quantitative estimate of drug-likeness (QED) is 0.441. The average molecular weight is 349 g/mol. The third-order valence-electron chi connectivity index (χ3n) is 4.16. The molecule has 0 bridgehead atoms. The largest absolute Gasteiger partial charge is 0.506 e. The van der Waals surface area contributed by atoms with E-state index in [0.717, 1.165) is 11.3 Å². The van der Waals surface area contributed by atoms with Crippen molar-refractivity contribution in [3.63, 3.8) is 0 Å². The van der Waals surface area contributed by atoms with Crippen LogP contribution in [0.4, 0.5) is 5.69 Å². The Labute approximate surface area is 150 Å². The Morgan fingerprint density at radius 1 is 1.15 bits per heavy atom. The molecular weight excluding hydrogens is 330 g/mol. The molecule has 0 aliphatic rings. The predicted molar refractivity (Wildman–Crippen MR) is 103 cm³/mol. The summed E-state index contributed by atoms with van der Waals surface area (Å²) >= 11 is 0. The molecule has 5 heteroatoms. The molecule has 2 aromatic carbocycles. The van der Waals surface area contributed by atoms with Crippen LogP contribution in [0.2, 0.25) is 0 Å². The van der Waals surface area contributed by atoms with E-state index in [1.54, 1.807) is 13.0 Å². The maximum absolute atomic E-state index is 12.5. The van der Waals surface area contributed by atoms with E-state index < -0.39 is 5.63 Å². The zero-order valence-electron chi connectivity index (χ0n) is 14.8. The SMILES string of the molecule is Cc1cc(=O)oc2ccc(C(=O)/C=C/c3cccc(N(C)C)c3)c(O)c12. The number of anilines is 1. The number of hydrogen-bond donors (Lipinski definition) is 1. The number of aryl methyl sites for hydroxylation is 1. The van der Waals surface area contributed by atoms with Gasteiger partial charge in [-0.25, -0.2) is 4.79 Å². The molecule has 0 aliphatic heterocycles. The fourth-order valence-corrected chi connectivity index (χ4v) is 2.79. The number of fused-ring (bicyclic) bond motifs is 1. The van der Waals surface area contributed by atoms with Crippen molar-refractivity contribution in [1.82, 2.24) is 0 Å². The van der Waals surface area contributed by atoms with Crippen LogP contribution in [0.3, 0.4) is 0 Å². The van der Waals surface area contributed by atoms with Crippen LogP contribution >= 0.6 is 0 Å². The summed E-state index contributed by atoms with van der Waals surface area (Å²) in [6.07, 6.45) is 3.13. The molecule has 0 amide bonds. The number of rotatable bonds is 4. The molecule has 5 nitrogen and oxygen atoms in total. The van der Waals surface area contributed by atoms with Crippen molar-refractivity contribution in [2.45, 2.75) is 6.92 Å². The van der Waals surface area contributed by atoms with Gasteiger partial charge in [0.05, 0.1) is 10.9 Å². The smallest absolute Gasteiger partial charge is 0.336 e. The van der Waals surface area contributed by atoms with E-state index in [9.17, 15) is 14.7 Å². The molecule has 0 atom stereocenters. The summed E-state index contributed by atoms with van der Waals surface area (Å²) in [5.74, 6) is -0.509. The predicted octanol–water partition coefficient (Wildman–Crippen LogP) is 3.77. The highest BCUT2D eigenvalue weighted by molar-refractivity contribution is 6.11. The Hall–Kier alpha value is -3.34. The van der Waals surface area contributed by atoms with Gasteiger partial charge in [0.15, 0.2) is 5.78 Å². The van der Waals surface area contributed by atoms with Gasteiger partial charge in [-0.15, -0.1) is 0 Å². The van der Waals surface area contributed by atoms with Gasteiger partial charge in [0.2, 0.25) is 0 Å². The van der Waals surface area contributed by atoms with Crippen molar-refractivity contribution in [2.24, 2.45) is 0 Å². The molecule has 132 valence electrons. The van der Waals surface area contributed by atoms with E-state index in [-0.39, 0.29) is 22.7 Å². The molecule has 3 aromatic rings. The summed E-state index contributed by atoms with van der Waals surface area (Å²) in [7, 11) is 3.89. The number of benzene rings is 2. The second-order valence-corrected chi connectivity index (χ2v) is 6.27. The third-order valence-corrected chi connectivity index (χ3v) is 4.16. The summed E-state index contributed by atoms with van der Waals surface area (Å²) in [6.45, 7) is 1.69. The lowest BCUT2D eigenvalue weighted by Crippen LogP contribution is -2.08. The highest BCUT2D eigenvalue weighted by Crippen LogP contribution is 2.31. The van der Waals surface area contributed by atoms with Crippen LogP contribution in [0.1, 0.15) is 21.5 Å². The minimum absolute atomic E-state index is 0.162. The van der Waals surface area contributed by atoms with Gasteiger partial charge in [-0.1, -0.05) is 18.2 Å². The number of carbonyl (C=O) groups is 1. The lowest BCUT2D eigenvalue weighted by molar-refractivity contribution is 0.104. The molecule has 0 fully saturated rings. The minimum atomic E-state index is -0.492. The molecule has 0 saturated heterocycles. The topological polar surface area (TPSA) is 70.8 Å². The lowest BCUT2D eigenvalue weighted by atomic mass is 10.0. The molecule has 0 saturated carbocycles.